The highest BCUT2D eigenvalue weighted by Gasteiger charge is 2.39. The van der Waals surface area contributed by atoms with Crippen molar-refractivity contribution < 1.29 is 8.42 Å². The molecule has 5 heteroatoms. The van der Waals surface area contributed by atoms with E-state index >= 15 is 0 Å². The van der Waals surface area contributed by atoms with Gasteiger partial charge in [-0.3, -0.25) is 4.31 Å². The maximum Gasteiger partial charge on any atom is 0.237 e. The summed E-state index contributed by atoms with van der Waals surface area (Å²) in [6.45, 7) is 0. The van der Waals surface area contributed by atoms with E-state index in [2.05, 4.69) is 0 Å². The number of anilines is 1. The van der Waals surface area contributed by atoms with Crippen LogP contribution in [0.2, 0.25) is 0 Å². The number of benzene rings is 1. The lowest BCUT2D eigenvalue weighted by Crippen LogP contribution is -2.30. The molecule has 0 spiro atoms. The van der Waals surface area contributed by atoms with E-state index in [0.29, 0.717) is 11.3 Å². The number of rotatable bonds is 3. The molecular weight excluding hydrogens is 224 g/mol. The van der Waals surface area contributed by atoms with Gasteiger partial charge in [-0.2, -0.15) is 5.26 Å². The molecule has 1 aromatic carbocycles. The molecule has 84 valence electrons. The zero-order valence-corrected chi connectivity index (χ0v) is 9.74. The summed E-state index contributed by atoms with van der Waals surface area (Å²) in [6.07, 6.45) is 1.45. The number of nitriles is 1. The predicted molar refractivity (Wildman–Crippen MR) is 61.5 cm³/mol. The summed E-state index contributed by atoms with van der Waals surface area (Å²) in [4.78, 5) is 0. The van der Waals surface area contributed by atoms with Crippen molar-refractivity contribution in [2.75, 3.05) is 11.4 Å². The molecule has 0 heterocycles. The molecule has 0 amide bonds. The fraction of sp³-hybridized carbons (Fsp3) is 0.364. The van der Waals surface area contributed by atoms with Crippen molar-refractivity contribution in [3.63, 3.8) is 0 Å². The van der Waals surface area contributed by atoms with Gasteiger partial charge in [0.1, 0.15) is 6.07 Å². The van der Waals surface area contributed by atoms with Crippen molar-refractivity contribution in [2.24, 2.45) is 0 Å². The summed E-state index contributed by atoms with van der Waals surface area (Å²) >= 11 is 0. The first-order chi connectivity index (χ1) is 7.57. The van der Waals surface area contributed by atoms with Crippen LogP contribution in [0.5, 0.6) is 0 Å². The minimum atomic E-state index is -3.27. The summed E-state index contributed by atoms with van der Waals surface area (Å²) in [5.74, 6) is 0. The summed E-state index contributed by atoms with van der Waals surface area (Å²) in [6, 6.07) is 8.73. The van der Waals surface area contributed by atoms with Crippen molar-refractivity contribution in [1.82, 2.24) is 0 Å². The zero-order valence-electron chi connectivity index (χ0n) is 8.92. The van der Waals surface area contributed by atoms with E-state index in [1.807, 2.05) is 6.07 Å². The number of hydrogen-bond acceptors (Lipinski definition) is 3. The van der Waals surface area contributed by atoms with Crippen LogP contribution in [0, 0.1) is 11.3 Å². The van der Waals surface area contributed by atoms with Gasteiger partial charge in [-0.1, -0.05) is 12.1 Å². The molecule has 1 aliphatic carbocycles. The molecule has 0 saturated heterocycles. The van der Waals surface area contributed by atoms with Gasteiger partial charge in [0.2, 0.25) is 10.0 Å². The Morgan fingerprint density at radius 3 is 2.56 bits per heavy atom. The molecular formula is C11H12N2O2S. The highest BCUT2D eigenvalue weighted by atomic mass is 32.2. The third-order valence-corrected chi connectivity index (χ3v) is 4.97. The molecule has 1 saturated carbocycles. The quantitative estimate of drug-likeness (QED) is 0.798. The summed E-state index contributed by atoms with van der Waals surface area (Å²) < 4.78 is 25.2. The fourth-order valence-electron chi connectivity index (χ4n) is 1.57. The Balaban J connectivity index is 2.41. The van der Waals surface area contributed by atoms with E-state index in [-0.39, 0.29) is 5.25 Å². The number of hydrogen-bond donors (Lipinski definition) is 0. The molecule has 0 radical (unpaired) electrons. The van der Waals surface area contributed by atoms with Gasteiger partial charge in [0, 0.05) is 7.05 Å². The molecule has 0 N–H and O–H groups in total. The second-order valence-corrected chi connectivity index (χ2v) is 6.09. The molecule has 0 bridgehead atoms. The molecule has 16 heavy (non-hydrogen) atoms. The Morgan fingerprint density at radius 2 is 2.00 bits per heavy atom. The number of sulfonamides is 1. The van der Waals surface area contributed by atoms with Crippen LogP contribution < -0.4 is 4.31 Å². The Bertz CT molecular complexity index is 541. The molecule has 0 unspecified atom stereocenters. The maximum atomic E-state index is 12.0. The minimum Gasteiger partial charge on any atom is -0.272 e. The molecule has 1 aliphatic rings. The highest BCUT2D eigenvalue weighted by Crippen LogP contribution is 2.33. The van der Waals surface area contributed by atoms with Crippen molar-refractivity contribution >= 4 is 15.7 Å². The van der Waals surface area contributed by atoms with Crippen molar-refractivity contribution in [2.45, 2.75) is 18.1 Å². The Morgan fingerprint density at radius 1 is 1.38 bits per heavy atom. The van der Waals surface area contributed by atoms with Gasteiger partial charge in [0.15, 0.2) is 0 Å². The van der Waals surface area contributed by atoms with E-state index in [9.17, 15) is 8.42 Å². The second-order valence-electron chi connectivity index (χ2n) is 3.84. The van der Waals surface area contributed by atoms with E-state index < -0.39 is 10.0 Å². The van der Waals surface area contributed by atoms with Crippen LogP contribution in [-0.2, 0) is 10.0 Å². The minimum absolute atomic E-state index is 0.260. The largest absolute Gasteiger partial charge is 0.272 e. The Hall–Kier alpha value is -1.54. The lowest BCUT2D eigenvalue weighted by molar-refractivity contribution is 0.593. The smallest absolute Gasteiger partial charge is 0.237 e. The average Bonchev–Trinajstić information content (AvgIpc) is 3.12. The predicted octanol–water partition coefficient (Wildman–Crippen LogP) is 1.49. The fourth-order valence-corrected chi connectivity index (χ4v) is 3.18. The van der Waals surface area contributed by atoms with Crippen molar-refractivity contribution in [1.29, 1.82) is 5.26 Å². The molecule has 4 nitrogen and oxygen atoms in total. The molecule has 1 aromatic rings. The first-order valence-electron chi connectivity index (χ1n) is 5.04. The van der Waals surface area contributed by atoms with Crippen LogP contribution in [0.3, 0.4) is 0 Å². The third-order valence-electron chi connectivity index (χ3n) is 2.69. The van der Waals surface area contributed by atoms with Gasteiger partial charge >= 0.3 is 0 Å². The third kappa shape index (κ3) is 1.76. The standard InChI is InChI=1S/C11H12N2O2S/c1-13(16(14,15)10-6-7-10)11-5-3-2-4-9(11)8-12/h2-5,10H,6-7H2,1H3. The first kappa shape index (κ1) is 11.0. The van der Waals surface area contributed by atoms with Gasteiger partial charge in [-0.25, -0.2) is 8.42 Å². The van der Waals surface area contributed by atoms with Gasteiger partial charge in [-0.15, -0.1) is 0 Å². The zero-order chi connectivity index (χ0) is 11.8. The lowest BCUT2D eigenvalue weighted by atomic mass is 10.2. The number of para-hydroxylation sites is 1. The van der Waals surface area contributed by atoms with Crippen LogP contribution in [0.25, 0.3) is 0 Å². The van der Waals surface area contributed by atoms with Crippen LogP contribution >= 0.6 is 0 Å². The Labute approximate surface area is 95.2 Å². The van der Waals surface area contributed by atoms with E-state index in [4.69, 9.17) is 5.26 Å². The van der Waals surface area contributed by atoms with Crippen LogP contribution in [-0.4, -0.2) is 20.7 Å². The first-order valence-corrected chi connectivity index (χ1v) is 6.54. The summed E-state index contributed by atoms with van der Waals surface area (Å²) in [5.41, 5.74) is 0.839. The lowest BCUT2D eigenvalue weighted by Gasteiger charge is -2.20. The highest BCUT2D eigenvalue weighted by molar-refractivity contribution is 7.93. The van der Waals surface area contributed by atoms with Crippen molar-refractivity contribution in [3.05, 3.63) is 29.8 Å². The van der Waals surface area contributed by atoms with Crippen LogP contribution in [0.4, 0.5) is 5.69 Å². The average molecular weight is 236 g/mol. The molecule has 0 aliphatic heterocycles. The van der Waals surface area contributed by atoms with Gasteiger partial charge in [0.25, 0.3) is 0 Å². The van der Waals surface area contributed by atoms with E-state index in [1.54, 1.807) is 24.3 Å². The number of nitrogens with zero attached hydrogens (tertiary/aromatic N) is 2. The molecule has 1 fully saturated rings. The molecule has 0 atom stereocenters. The van der Waals surface area contributed by atoms with Gasteiger partial charge in [-0.05, 0) is 25.0 Å². The second kappa shape index (κ2) is 3.80. The van der Waals surface area contributed by atoms with Crippen molar-refractivity contribution in [3.8, 4) is 6.07 Å². The summed E-state index contributed by atoms with van der Waals surface area (Å²) in [7, 11) is -1.77. The van der Waals surface area contributed by atoms with E-state index in [1.165, 1.54) is 11.4 Å². The molecule has 0 aromatic heterocycles. The topological polar surface area (TPSA) is 61.2 Å². The van der Waals surface area contributed by atoms with Crippen LogP contribution in [0.15, 0.2) is 24.3 Å². The summed E-state index contributed by atoms with van der Waals surface area (Å²) in [5, 5.41) is 8.66. The Kier molecular flexibility index (Phi) is 2.60. The van der Waals surface area contributed by atoms with Gasteiger partial charge in [0.05, 0.1) is 16.5 Å². The maximum absolute atomic E-state index is 12.0. The van der Waals surface area contributed by atoms with E-state index in [0.717, 1.165) is 12.8 Å². The van der Waals surface area contributed by atoms with Gasteiger partial charge < -0.3 is 0 Å². The monoisotopic (exact) mass is 236 g/mol. The SMILES string of the molecule is CN(c1ccccc1C#N)S(=O)(=O)C1CC1. The van der Waals surface area contributed by atoms with Crippen LogP contribution in [0.1, 0.15) is 18.4 Å². The normalized spacial score (nSPS) is 15.5. The molecule has 2 rings (SSSR count).